The van der Waals surface area contributed by atoms with E-state index in [2.05, 4.69) is 154 Å². The molecule has 0 amide bonds. The number of carbonyl (C=O) groups is 3. The number of aliphatic hydroxyl groups is 2. The molecule has 5 unspecified atom stereocenters. The summed E-state index contributed by atoms with van der Waals surface area (Å²) in [5.74, 6) is -1.62. The van der Waals surface area contributed by atoms with Crippen LogP contribution in [-0.2, 0) is 55.8 Å². The molecule has 5 atom stereocenters. The van der Waals surface area contributed by atoms with E-state index in [1.165, 1.54) is 70.6 Å². The average molecular weight is 1400 g/mol. The Labute approximate surface area is 588 Å². The molecule has 0 bridgehead atoms. The van der Waals surface area contributed by atoms with Crippen molar-refractivity contribution in [2.45, 2.75) is 309 Å². The van der Waals surface area contributed by atoms with Crippen molar-refractivity contribution in [2.24, 2.45) is 0 Å². The molecule has 556 valence electrons. The summed E-state index contributed by atoms with van der Waals surface area (Å²) in [4.78, 5) is 58.5. The lowest BCUT2D eigenvalue weighted by Gasteiger charge is -2.21. The number of phosphoric acid groups is 2. The minimum absolute atomic E-state index is 0.0810. The summed E-state index contributed by atoms with van der Waals surface area (Å²) < 4.78 is 61.0. The van der Waals surface area contributed by atoms with Gasteiger partial charge in [-0.2, -0.15) is 0 Å². The number of unbranched alkanes of at least 4 members (excludes halogenated alkanes) is 25. The maximum absolute atomic E-state index is 12.9. The molecule has 0 aliphatic carbocycles. The van der Waals surface area contributed by atoms with Crippen LogP contribution in [0.15, 0.2) is 134 Å². The Hall–Kier alpha value is -4.31. The fourth-order valence-corrected chi connectivity index (χ4v) is 11.2. The molecule has 4 N–H and O–H groups in total. The van der Waals surface area contributed by atoms with Gasteiger partial charge in [0.2, 0.25) is 0 Å². The van der Waals surface area contributed by atoms with Gasteiger partial charge in [-0.15, -0.1) is 0 Å². The molecule has 0 heterocycles. The summed E-state index contributed by atoms with van der Waals surface area (Å²) in [6.45, 7) is 2.42. The lowest BCUT2D eigenvalue weighted by molar-refractivity contribution is -0.161. The fourth-order valence-electron chi connectivity index (χ4n) is 9.62. The highest BCUT2D eigenvalue weighted by Gasteiger charge is 2.29. The van der Waals surface area contributed by atoms with E-state index in [-0.39, 0.29) is 19.3 Å². The molecule has 16 nitrogen and oxygen atoms in total. The zero-order valence-corrected chi connectivity index (χ0v) is 62.2. The first-order valence-corrected chi connectivity index (χ1v) is 40.5. The number of phosphoric ester groups is 2. The highest BCUT2D eigenvalue weighted by molar-refractivity contribution is 7.47. The van der Waals surface area contributed by atoms with Crippen LogP contribution in [-0.4, -0.2) is 95.9 Å². The average Bonchev–Trinajstić information content (AvgIpc) is 1.63. The van der Waals surface area contributed by atoms with Gasteiger partial charge in [-0.1, -0.05) is 270 Å². The fraction of sp³-hybridized carbons (Fsp3) is 0.684. The molecule has 0 aliphatic rings. The second-order valence-electron chi connectivity index (χ2n) is 24.7. The summed E-state index contributed by atoms with van der Waals surface area (Å²) in [5, 5.41) is 20.6. The highest BCUT2D eigenvalue weighted by atomic mass is 31.2. The van der Waals surface area contributed by atoms with E-state index in [0.717, 1.165) is 161 Å². The Bertz CT molecular complexity index is 2300. The van der Waals surface area contributed by atoms with E-state index in [1.807, 2.05) is 0 Å². The first-order chi connectivity index (χ1) is 47.2. The molecule has 0 aliphatic heterocycles. The van der Waals surface area contributed by atoms with E-state index >= 15 is 0 Å². The number of hydrogen-bond donors (Lipinski definition) is 4. The van der Waals surface area contributed by atoms with Crippen molar-refractivity contribution in [2.75, 3.05) is 39.6 Å². The zero-order chi connectivity index (χ0) is 70.9. The van der Waals surface area contributed by atoms with E-state index in [9.17, 15) is 43.5 Å². The Morgan fingerprint density at radius 2 is 0.567 bits per heavy atom. The predicted molar refractivity (Wildman–Crippen MR) is 399 cm³/mol. The van der Waals surface area contributed by atoms with Crippen molar-refractivity contribution < 1.29 is 75.8 Å². The second kappa shape index (κ2) is 71.5. The van der Waals surface area contributed by atoms with E-state index in [1.54, 1.807) is 0 Å². The molecule has 0 saturated heterocycles. The number of aliphatic hydroxyl groups excluding tert-OH is 2. The minimum atomic E-state index is -4.94. The van der Waals surface area contributed by atoms with Gasteiger partial charge in [-0.3, -0.25) is 32.5 Å². The van der Waals surface area contributed by atoms with Crippen molar-refractivity contribution in [3.05, 3.63) is 134 Å². The molecule has 0 aromatic carbocycles. The van der Waals surface area contributed by atoms with E-state index in [0.29, 0.717) is 19.3 Å². The highest BCUT2D eigenvalue weighted by Crippen LogP contribution is 2.45. The SMILES string of the molecule is CC/C=C\C/C=C\C/C=C\C/C=C\C/C=C\CCCCCCCCCCCCCC(=O)OCC(O)COP(=O)(O)OCC(O)COP(=O)(O)OCC(COC(=O)CCCCCCC/C=C\C/C=C\C/C=C\C/C=C\CCCCC)OC(=O)CCCCCCC/C=C\C/C=C\CCC. The van der Waals surface area contributed by atoms with Gasteiger partial charge in [0.25, 0.3) is 0 Å². The topological polar surface area (TPSA) is 231 Å². The molecule has 0 spiro atoms. The van der Waals surface area contributed by atoms with E-state index in [4.69, 9.17) is 32.3 Å². The van der Waals surface area contributed by atoms with Crippen LogP contribution < -0.4 is 0 Å². The van der Waals surface area contributed by atoms with Gasteiger partial charge in [0.1, 0.15) is 25.4 Å². The number of esters is 3. The Morgan fingerprint density at radius 3 is 0.907 bits per heavy atom. The summed E-state index contributed by atoms with van der Waals surface area (Å²) in [5.41, 5.74) is 0. The van der Waals surface area contributed by atoms with Crippen molar-refractivity contribution in [3.63, 3.8) is 0 Å². The minimum Gasteiger partial charge on any atom is -0.463 e. The number of hydrogen-bond acceptors (Lipinski definition) is 14. The van der Waals surface area contributed by atoms with Gasteiger partial charge in [0.05, 0.1) is 26.4 Å². The molecule has 18 heteroatoms. The van der Waals surface area contributed by atoms with Crippen molar-refractivity contribution in [1.29, 1.82) is 0 Å². The van der Waals surface area contributed by atoms with Crippen LogP contribution in [0.1, 0.15) is 290 Å². The summed E-state index contributed by atoms with van der Waals surface area (Å²) >= 11 is 0. The Kier molecular flexibility index (Phi) is 68.3. The number of ether oxygens (including phenoxy) is 3. The lowest BCUT2D eigenvalue weighted by atomic mass is 10.0. The largest absolute Gasteiger partial charge is 0.472 e. The maximum Gasteiger partial charge on any atom is 0.472 e. The molecule has 0 radical (unpaired) electrons. The first-order valence-electron chi connectivity index (χ1n) is 37.5. The van der Waals surface area contributed by atoms with Crippen LogP contribution in [0.5, 0.6) is 0 Å². The van der Waals surface area contributed by atoms with Crippen LogP contribution >= 0.6 is 15.6 Å². The van der Waals surface area contributed by atoms with Gasteiger partial charge < -0.3 is 34.2 Å². The third kappa shape index (κ3) is 72.8. The number of allylic oxidation sites excluding steroid dienone is 22. The monoisotopic (exact) mass is 1400 g/mol. The standard InChI is InChI=1S/C79H134O16P2/c1-4-7-10-13-16-19-22-25-27-29-31-33-34-35-36-37-38-40-42-43-45-48-50-53-56-59-62-65-77(82)89-68-74(80)69-91-96(85,86)92-70-75(81)71-93-97(87,88)94-73-76(95-79(84)67-64-61-58-55-52-47-24-21-18-15-12-9-6-3)72-90-78(83)66-63-60-57-54-51-49-46-44-41-39-32-30-28-26-23-20-17-14-11-8-5-2/h7,10,12,15-17,19-21,24-28,31-33,35-36,39,44,46,74-76,80-81H,4-6,8-9,11,13-14,18,22-23,29-30,34,37-38,40-43,45,47-73H2,1-3H3,(H,85,86)(H,87,88)/b10-7-,15-12-,19-16-,20-17-,24-21-,27-25-,28-26-,33-31-,36-35-,39-32-,46-44-. The third-order valence-corrected chi connectivity index (χ3v) is 17.2. The normalized spacial score (nSPS) is 14.8. The summed E-state index contributed by atoms with van der Waals surface area (Å²) in [7, 11) is -9.80. The lowest BCUT2D eigenvalue weighted by Crippen LogP contribution is -2.30. The first kappa shape index (κ1) is 92.7. The van der Waals surface area contributed by atoms with Gasteiger partial charge >= 0.3 is 33.6 Å². The Balaban J connectivity index is 4.56. The van der Waals surface area contributed by atoms with Crippen molar-refractivity contribution in [1.82, 2.24) is 0 Å². The molecular weight excluding hydrogens is 1270 g/mol. The van der Waals surface area contributed by atoms with E-state index < -0.39 is 91.5 Å². The molecule has 0 saturated carbocycles. The third-order valence-electron chi connectivity index (χ3n) is 15.3. The number of carbonyl (C=O) groups excluding carboxylic acids is 3. The van der Waals surface area contributed by atoms with Gasteiger partial charge in [-0.05, 0) is 135 Å². The quantitative estimate of drug-likeness (QED) is 0.0146. The van der Waals surface area contributed by atoms with Gasteiger partial charge in [-0.25, -0.2) is 9.13 Å². The van der Waals surface area contributed by atoms with Gasteiger partial charge in [0.15, 0.2) is 6.10 Å². The van der Waals surface area contributed by atoms with Crippen LogP contribution in [0, 0.1) is 0 Å². The predicted octanol–water partition coefficient (Wildman–Crippen LogP) is 21.5. The molecule has 0 aromatic rings. The van der Waals surface area contributed by atoms with Crippen LogP contribution in [0.3, 0.4) is 0 Å². The van der Waals surface area contributed by atoms with Crippen LogP contribution in [0.2, 0.25) is 0 Å². The molecule has 0 fully saturated rings. The summed E-state index contributed by atoms with van der Waals surface area (Å²) in [6, 6.07) is 0. The number of rotatable bonds is 70. The maximum atomic E-state index is 12.9. The van der Waals surface area contributed by atoms with Crippen molar-refractivity contribution >= 4 is 33.6 Å². The van der Waals surface area contributed by atoms with Crippen LogP contribution in [0.4, 0.5) is 0 Å². The molecular formula is C79H134O16P2. The summed E-state index contributed by atoms with van der Waals surface area (Å²) in [6.07, 6.45) is 85.0. The van der Waals surface area contributed by atoms with Crippen molar-refractivity contribution in [3.8, 4) is 0 Å². The van der Waals surface area contributed by atoms with Crippen LogP contribution in [0.25, 0.3) is 0 Å². The molecule has 0 aromatic heterocycles. The van der Waals surface area contributed by atoms with Gasteiger partial charge in [0, 0.05) is 19.3 Å². The smallest absolute Gasteiger partial charge is 0.463 e. The zero-order valence-electron chi connectivity index (χ0n) is 60.5. The molecule has 0 rings (SSSR count). The Morgan fingerprint density at radius 1 is 0.299 bits per heavy atom. The second-order valence-corrected chi connectivity index (χ2v) is 27.6. The molecule has 97 heavy (non-hydrogen) atoms.